The molecule has 0 aliphatic rings. The fourth-order valence-electron chi connectivity index (χ4n) is 2.59. The summed E-state index contributed by atoms with van der Waals surface area (Å²) in [5.74, 6) is 0.0788. The Kier molecular flexibility index (Phi) is 5.65. The predicted molar refractivity (Wildman–Crippen MR) is 107 cm³/mol. The quantitative estimate of drug-likeness (QED) is 0.502. The Morgan fingerprint density at radius 2 is 1.86 bits per heavy atom. The van der Waals surface area contributed by atoms with Gasteiger partial charge in [0.05, 0.1) is 29.0 Å². The fraction of sp³-hybridized carbons (Fsp3) is 0.158. The maximum atomic E-state index is 13.1. The van der Waals surface area contributed by atoms with Crippen LogP contribution in [0.4, 0.5) is 4.79 Å². The van der Waals surface area contributed by atoms with Crippen molar-refractivity contribution in [2.24, 2.45) is 5.73 Å². The number of hydrogen-bond acceptors (Lipinski definition) is 6. The molecule has 0 spiro atoms. The number of nitrogens with two attached hydrogens (primary N) is 1. The second-order valence-electron chi connectivity index (χ2n) is 5.86. The number of benzene rings is 2. The van der Waals surface area contributed by atoms with E-state index in [9.17, 15) is 14.4 Å². The number of para-hydroxylation sites is 1. The van der Waals surface area contributed by atoms with Crippen LogP contribution < -0.4 is 21.3 Å². The number of imide groups is 1. The third kappa shape index (κ3) is 3.99. The number of ether oxygens (including phenoxy) is 1. The molecule has 0 fully saturated rings. The molecule has 1 heterocycles. The van der Waals surface area contributed by atoms with Crippen molar-refractivity contribution in [1.82, 2.24) is 14.9 Å². The van der Waals surface area contributed by atoms with Gasteiger partial charge in [0.1, 0.15) is 5.75 Å². The second-order valence-corrected chi connectivity index (χ2v) is 7.17. The first-order valence-electron chi connectivity index (χ1n) is 8.34. The zero-order valence-corrected chi connectivity index (χ0v) is 16.0. The number of carbonyl (C=O) groups is 2. The molecule has 8 nitrogen and oxygen atoms in total. The summed E-state index contributed by atoms with van der Waals surface area (Å²) in [6, 6.07) is 13.0. The summed E-state index contributed by atoms with van der Waals surface area (Å²) in [6.45, 7) is 1.60. The standard InChI is InChI=1S/C19H18N4O4S/c1-11(16(24)22-18(20)26)28-19-21-15-6-4-3-5-14(15)17(25)23(19)12-7-9-13(27-2)10-8-12/h3-11H,1-2H3,(H3,20,22,24,26)/t11-/m1/s1. The fourth-order valence-corrected chi connectivity index (χ4v) is 3.51. The number of thioether (sulfide) groups is 1. The molecule has 3 N–H and O–H groups in total. The van der Waals surface area contributed by atoms with E-state index in [0.29, 0.717) is 27.5 Å². The molecule has 0 bridgehead atoms. The molecule has 3 rings (SSSR count). The Morgan fingerprint density at radius 3 is 2.50 bits per heavy atom. The summed E-state index contributed by atoms with van der Waals surface area (Å²) in [5.41, 5.74) is 5.84. The normalized spacial score (nSPS) is 11.8. The number of hydrogen-bond donors (Lipinski definition) is 2. The third-order valence-electron chi connectivity index (χ3n) is 3.97. The van der Waals surface area contributed by atoms with Crippen LogP contribution in [0.3, 0.4) is 0 Å². The van der Waals surface area contributed by atoms with Gasteiger partial charge >= 0.3 is 6.03 Å². The van der Waals surface area contributed by atoms with Gasteiger partial charge in [-0.05, 0) is 43.3 Å². The molecule has 3 aromatic rings. The van der Waals surface area contributed by atoms with Crippen molar-refractivity contribution in [2.75, 3.05) is 7.11 Å². The number of aromatic nitrogens is 2. The average molecular weight is 398 g/mol. The van der Waals surface area contributed by atoms with Gasteiger partial charge in [0.15, 0.2) is 5.16 Å². The highest BCUT2D eigenvalue weighted by atomic mass is 32.2. The van der Waals surface area contributed by atoms with Gasteiger partial charge in [-0.25, -0.2) is 9.78 Å². The summed E-state index contributed by atoms with van der Waals surface area (Å²) in [4.78, 5) is 40.7. The lowest BCUT2D eigenvalue weighted by atomic mass is 10.2. The van der Waals surface area contributed by atoms with E-state index in [1.807, 2.05) is 5.32 Å². The van der Waals surface area contributed by atoms with Crippen molar-refractivity contribution < 1.29 is 14.3 Å². The van der Waals surface area contributed by atoms with Gasteiger partial charge in [-0.3, -0.25) is 19.5 Å². The van der Waals surface area contributed by atoms with Crippen LogP contribution in [0.15, 0.2) is 58.5 Å². The van der Waals surface area contributed by atoms with Gasteiger partial charge in [-0.1, -0.05) is 23.9 Å². The summed E-state index contributed by atoms with van der Waals surface area (Å²) in [5, 5.41) is 2.11. The van der Waals surface area contributed by atoms with E-state index in [4.69, 9.17) is 10.5 Å². The molecule has 9 heteroatoms. The van der Waals surface area contributed by atoms with Crippen LogP contribution in [-0.4, -0.2) is 33.8 Å². The first-order valence-corrected chi connectivity index (χ1v) is 9.22. The smallest absolute Gasteiger partial charge is 0.318 e. The van der Waals surface area contributed by atoms with Gasteiger partial charge in [-0.15, -0.1) is 0 Å². The maximum absolute atomic E-state index is 13.1. The molecule has 0 aliphatic heterocycles. The monoisotopic (exact) mass is 398 g/mol. The SMILES string of the molecule is COc1ccc(-n2c(S[C@H](C)C(=O)NC(N)=O)nc3ccccc3c2=O)cc1. The molecule has 1 aromatic heterocycles. The number of primary amides is 1. The van der Waals surface area contributed by atoms with E-state index in [1.165, 1.54) is 4.57 Å². The van der Waals surface area contributed by atoms with E-state index in [-0.39, 0.29) is 5.56 Å². The summed E-state index contributed by atoms with van der Waals surface area (Å²) in [7, 11) is 1.55. The number of urea groups is 1. The molecule has 0 saturated carbocycles. The number of nitrogens with zero attached hydrogens (tertiary/aromatic N) is 2. The van der Waals surface area contributed by atoms with Crippen molar-refractivity contribution >= 4 is 34.6 Å². The second kappa shape index (κ2) is 8.13. The molecular weight excluding hydrogens is 380 g/mol. The van der Waals surface area contributed by atoms with E-state index in [0.717, 1.165) is 11.8 Å². The average Bonchev–Trinajstić information content (AvgIpc) is 2.68. The van der Waals surface area contributed by atoms with Crippen LogP contribution in [0.25, 0.3) is 16.6 Å². The molecule has 0 unspecified atom stereocenters. The lowest BCUT2D eigenvalue weighted by Gasteiger charge is -2.16. The van der Waals surface area contributed by atoms with E-state index >= 15 is 0 Å². The van der Waals surface area contributed by atoms with Crippen LogP contribution in [0.2, 0.25) is 0 Å². The number of amides is 3. The molecule has 0 aliphatic carbocycles. The molecule has 3 amide bonds. The predicted octanol–water partition coefficient (Wildman–Crippen LogP) is 2.07. The van der Waals surface area contributed by atoms with Crippen molar-refractivity contribution in [1.29, 1.82) is 0 Å². The topological polar surface area (TPSA) is 116 Å². The van der Waals surface area contributed by atoms with Crippen molar-refractivity contribution in [2.45, 2.75) is 17.3 Å². The van der Waals surface area contributed by atoms with E-state index in [2.05, 4.69) is 4.98 Å². The van der Waals surface area contributed by atoms with E-state index in [1.54, 1.807) is 62.6 Å². The van der Waals surface area contributed by atoms with Crippen LogP contribution in [0.1, 0.15) is 6.92 Å². The van der Waals surface area contributed by atoms with Gasteiger partial charge in [0, 0.05) is 0 Å². The van der Waals surface area contributed by atoms with Crippen LogP contribution in [-0.2, 0) is 4.79 Å². The van der Waals surface area contributed by atoms with Crippen molar-refractivity contribution in [3.63, 3.8) is 0 Å². The molecule has 1 atom stereocenters. The zero-order chi connectivity index (χ0) is 20.3. The highest BCUT2D eigenvalue weighted by molar-refractivity contribution is 8.00. The minimum atomic E-state index is -0.934. The number of nitrogens with one attached hydrogen (secondary N) is 1. The summed E-state index contributed by atoms with van der Waals surface area (Å²) < 4.78 is 6.59. The lowest BCUT2D eigenvalue weighted by molar-refractivity contribution is -0.119. The van der Waals surface area contributed by atoms with Crippen LogP contribution in [0.5, 0.6) is 5.75 Å². The number of fused-ring (bicyclic) bond motifs is 1. The van der Waals surface area contributed by atoms with Gasteiger partial charge in [-0.2, -0.15) is 0 Å². The van der Waals surface area contributed by atoms with Crippen LogP contribution >= 0.6 is 11.8 Å². The Labute approximate surface area is 164 Å². The Bertz CT molecular complexity index is 1100. The molecule has 144 valence electrons. The molecule has 28 heavy (non-hydrogen) atoms. The summed E-state index contributed by atoms with van der Waals surface area (Å²) in [6.07, 6.45) is 0. The largest absolute Gasteiger partial charge is 0.497 e. The van der Waals surface area contributed by atoms with E-state index < -0.39 is 17.2 Å². The number of carbonyl (C=O) groups excluding carboxylic acids is 2. The van der Waals surface area contributed by atoms with Gasteiger partial charge in [0.25, 0.3) is 5.56 Å². The molecule has 0 saturated heterocycles. The molecular formula is C19H18N4O4S. The maximum Gasteiger partial charge on any atom is 0.318 e. The zero-order valence-electron chi connectivity index (χ0n) is 15.2. The summed E-state index contributed by atoms with van der Waals surface area (Å²) >= 11 is 1.05. The third-order valence-corrected chi connectivity index (χ3v) is 5.03. The Balaban J connectivity index is 2.12. The first-order chi connectivity index (χ1) is 13.4. The Morgan fingerprint density at radius 1 is 1.18 bits per heavy atom. The highest BCUT2D eigenvalue weighted by Gasteiger charge is 2.21. The van der Waals surface area contributed by atoms with Crippen molar-refractivity contribution in [3.8, 4) is 11.4 Å². The van der Waals surface area contributed by atoms with Gasteiger partial charge in [0.2, 0.25) is 5.91 Å². The minimum Gasteiger partial charge on any atom is -0.497 e. The minimum absolute atomic E-state index is 0.263. The first kappa shape index (κ1) is 19.4. The Hall–Kier alpha value is -3.33. The number of rotatable bonds is 5. The van der Waals surface area contributed by atoms with Gasteiger partial charge < -0.3 is 10.5 Å². The number of methoxy groups -OCH3 is 1. The molecule has 0 radical (unpaired) electrons. The van der Waals surface area contributed by atoms with Crippen molar-refractivity contribution in [3.05, 3.63) is 58.9 Å². The molecule has 2 aromatic carbocycles. The lowest BCUT2D eigenvalue weighted by Crippen LogP contribution is -2.39. The van der Waals surface area contributed by atoms with Crippen LogP contribution in [0, 0.1) is 0 Å². The highest BCUT2D eigenvalue weighted by Crippen LogP contribution is 2.26.